The topological polar surface area (TPSA) is 96.2 Å². The van der Waals surface area contributed by atoms with Crippen LogP contribution in [0.25, 0.3) is 0 Å². The van der Waals surface area contributed by atoms with E-state index in [2.05, 4.69) is 38.5 Å². The van der Waals surface area contributed by atoms with Crippen molar-refractivity contribution >= 4 is 39.4 Å². The van der Waals surface area contributed by atoms with Gasteiger partial charge in [-0.15, -0.1) is 0 Å². The molecule has 1 aromatic carbocycles. The fraction of sp³-hybridized carbons (Fsp3) is 0.286. The lowest BCUT2D eigenvalue weighted by Gasteiger charge is -2.12. The smallest absolute Gasteiger partial charge is 0.319 e. The molecule has 0 heterocycles. The van der Waals surface area contributed by atoms with Crippen molar-refractivity contribution in [2.45, 2.75) is 19.8 Å². The summed E-state index contributed by atoms with van der Waals surface area (Å²) in [7, 11) is 0. The summed E-state index contributed by atoms with van der Waals surface area (Å²) in [6.07, 6.45) is 1.62. The molecule has 0 radical (unpaired) electrons. The molecule has 0 aliphatic rings. The summed E-state index contributed by atoms with van der Waals surface area (Å²) in [5, 5.41) is 7.84. The molecule has 0 saturated carbocycles. The molecule has 21 heavy (non-hydrogen) atoms. The summed E-state index contributed by atoms with van der Waals surface area (Å²) in [5.74, 6) is 0. The maximum Gasteiger partial charge on any atom is 0.319 e. The first-order valence-corrected chi connectivity index (χ1v) is 7.29. The van der Waals surface area contributed by atoms with Gasteiger partial charge in [0.1, 0.15) is 0 Å². The van der Waals surface area contributed by atoms with Gasteiger partial charge in [0, 0.05) is 11.0 Å². The highest BCUT2D eigenvalue weighted by Crippen LogP contribution is 2.25. The van der Waals surface area contributed by atoms with E-state index < -0.39 is 6.03 Å². The highest BCUT2D eigenvalue weighted by atomic mass is 79.9. The first-order valence-electron chi connectivity index (χ1n) is 6.50. The number of anilines is 2. The molecule has 0 saturated heterocycles. The van der Waals surface area contributed by atoms with E-state index in [1.54, 1.807) is 18.2 Å². The van der Waals surface area contributed by atoms with Crippen LogP contribution in [0.2, 0.25) is 0 Å². The number of hydrogen-bond donors (Lipinski definition) is 4. The Hall–Kier alpha value is -2.02. The van der Waals surface area contributed by atoms with Crippen LogP contribution in [0.1, 0.15) is 19.8 Å². The third kappa shape index (κ3) is 6.31. The maximum atomic E-state index is 11.8. The van der Waals surface area contributed by atoms with E-state index in [1.165, 1.54) is 0 Å². The van der Waals surface area contributed by atoms with Crippen LogP contribution >= 0.6 is 15.9 Å². The predicted octanol–water partition coefficient (Wildman–Crippen LogP) is 3.42. The SMILES string of the molecule is C=C(CC)CCNC(=O)Nc1ccc(Br)cc1NC(N)=O. The van der Waals surface area contributed by atoms with Gasteiger partial charge in [-0.05, 0) is 31.0 Å². The van der Waals surface area contributed by atoms with Crippen LogP contribution in [0.3, 0.4) is 0 Å². The Balaban J connectivity index is 2.62. The average molecular weight is 355 g/mol. The number of primary amides is 1. The van der Waals surface area contributed by atoms with Crippen LogP contribution < -0.4 is 21.7 Å². The molecule has 4 amide bonds. The van der Waals surface area contributed by atoms with Crippen molar-refractivity contribution in [1.82, 2.24) is 5.32 Å². The molecule has 1 rings (SSSR count). The Bertz CT molecular complexity index is 546. The van der Waals surface area contributed by atoms with Gasteiger partial charge in [-0.3, -0.25) is 0 Å². The van der Waals surface area contributed by atoms with Gasteiger partial charge in [-0.1, -0.05) is 35.0 Å². The summed E-state index contributed by atoms with van der Waals surface area (Å²) in [4.78, 5) is 22.8. The van der Waals surface area contributed by atoms with Crippen LogP contribution in [-0.2, 0) is 0 Å². The molecule has 0 aliphatic carbocycles. The molecule has 6 nitrogen and oxygen atoms in total. The van der Waals surface area contributed by atoms with Gasteiger partial charge in [0.2, 0.25) is 0 Å². The van der Waals surface area contributed by atoms with Crippen molar-refractivity contribution in [1.29, 1.82) is 0 Å². The zero-order chi connectivity index (χ0) is 15.8. The van der Waals surface area contributed by atoms with E-state index in [1.807, 2.05) is 6.92 Å². The number of carbonyl (C=O) groups excluding carboxylic acids is 2. The molecule has 0 spiro atoms. The molecular weight excluding hydrogens is 336 g/mol. The van der Waals surface area contributed by atoms with Crippen molar-refractivity contribution in [2.75, 3.05) is 17.2 Å². The standard InChI is InChI=1S/C14H19BrN4O2/c1-3-9(2)6-7-17-14(21)19-11-5-4-10(15)8-12(11)18-13(16)20/h4-5,8H,2-3,6-7H2,1H3,(H3,16,18,20)(H2,17,19,21). The zero-order valence-electron chi connectivity index (χ0n) is 11.8. The second-order valence-electron chi connectivity index (χ2n) is 4.41. The van der Waals surface area contributed by atoms with Gasteiger partial charge in [0.05, 0.1) is 11.4 Å². The Morgan fingerprint density at radius 3 is 2.62 bits per heavy atom. The largest absolute Gasteiger partial charge is 0.351 e. The lowest BCUT2D eigenvalue weighted by atomic mass is 10.2. The van der Waals surface area contributed by atoms with Gasteiger partial charge < -0.3 is 21.7 Å². The summed E-state index contributed by atoms with van der Waals surface area (Å²) in [6, 6.07) is 4.02. The highest BCUT2D eigenvalue weighted by Gasteiger charge is 2.08. The van der Waals surface area contributed by atoms with Crippen LogP contribution in [0.15, 0.2) is 34.8 Å². The fourth-order valence-electron chi connectivity index (χ4n) is 1.56. The average Bonchev–Trinajstić information content (AvgIpc) is 2.41. The number of amides is 4. The maximum absolute atomic E-state index is 11.8. The van der Waals surface area contributed by atoms with Gasteiger partial charge in [0.25, 0.3) is 0 Å². The first kappa shape index (κ1) is 17.0. The van der Waals surface area contributed by atoms with E-state index in [-0.39, 0.29) is 6.03 Å². The van der Waals surface area contributed by atoms with Crippen molar-refractivity contribution in [3.63, 3.8) is 0 Å². The third-order valence-electron chi connectivity index (χ3n) is 2.75. The van der Waals surface area contributed by atoms with Crippen LogP contribution in [-0.4, -0.2) is 18.6 Å². The molecule has 0 aromatic heterocycles. The molecule has 5 N–H and O–H groups in total. The molecular formula is C14H19BrN4O2. The Kier molecular flexibility index (Phi) is 6.74. The normalized spacial score (nSPS) is 9.81. The Morgan fingerprint density at radius 2 is 2.00 bits per heavy atom. The number of urea groups is 2. The summed E-state index contributed by atoms with van der Waals surface area (Å²) in [5.41, 5.74) is 7.06. The number of carbonyl (C=O) groups is 2. The number of halogens is 1. The molecule has 0 unspecified atom stereocenters. The number of benzene rings is 1. The minimum Gasteiger partial charge on any atom is -0.351 e. The van der Waals surface area contributed by atoms with Gasteiger partial charge in [-0.25, -0.2) is 9.59 Å². The molecule has 1 aromatic rings. The van der Waals surface area contributed by atoms with Crippen LogP contribution in [0, 0.1) is 0 Å². The van der Waals surface area contributed by atoms with Crippen LogP contribution in [0.5, 0.6) is 0 Å². The molecule has 0 bridgehead atoms. The summed E-state index contributed by atoms with van der Waals surface area (Å²) in [6.45, 7) is 6.40. The van der Waals surface area contributed by atoms with Crippen molar-refractivity contribution in [3.05, 3.63) is 34.8 Å². The minimum atomic E-state index is -0.698. The third-order valence-corrected chi connectivity index (χ3v) is 3.25. The Labute approximate surface area is 132 Å². The molecule has 7 heteroatoms. The second-order valence-corrected chi connectivity index (χ2v) is 5.33. The number of nitrogens with one attached hydrogen (secondary N) is 3. The van der Waals surface area contributed by atoms with Crippen molar-refractivity contribution in [2.24, 2.45) is 5.73 Å². The fourth-order valence-corrected chi connectivity index (χ4v) is 1.92. The number of rotatable bonds is 6. The Morgan fingerprint density at radius 1 is 1.29 bits per heavy atom. The summed E-state index contributed by atoms with van der Waals surface area (Å²) < 4.78 is 0.761. The molecule has 0 fully saturated rings. The lowest BCUT2D eigenvalue weighted by Crippen LogP contribution is -2.30. The van der Waals surface area contributed by atoms with Crippen LogP contribution in [0.4, 0.5) is 21.0 Å². The molecule has 0 atom stereocenters. The van der Waals surface area contributed by atoms with Gasteiger partial charge in [0.15, 0.2) is 0 Å². The second kappa shape index (κ2) is 8.31. The first-order chi connectivity index (χ1) is 9.92. The van der Waals surface area contributed by atoms with E-state index in [0.29, 0.717) is 17.9 Å². The van der Waals surface area contributed by atoms with Gasteiger partial charge >= 0.3 is 12.1 Å². The summed E-state index contributed by atoms with van der Waals surface area (Å²) >= 11 is 3.29. The van der Waals surface area contributed by atoms with E-state index >= 15 is 0 Å². The monoisotopic (exact) mass is 354 g/mol. The van der Waals surface area contributed by atoms with E-state index in [4.69, 9.17) is 5.73 Å². The highest BCUT2D eigenvalue weighted by molar-refractivity contribution is 9.10. The van der Waals surface area contributed by atoms with E-state index in [0.717, 1.165) is 22.9 Å². The van der Waals surface area contributed by atoms with Crippen molar-refractivity contribution < 1.29 is 9.59 Å². The van der Waals surface area contributed by atoms with Gasteiger partial charge in [-0.2, -0.15) is 0 Å². The molecule has 0 aliphatic heterocycles. The van der Waals surface area contributed by atoms with Crippen molar-refractivity contribution in [3.8, 4) is 0 Å². The predicted molar refractivity (Wildman–Crippen MR) is 88.4 cm³/mol. The lowest BCUT2D eigenvalue weighted by molar-refractivity contribution is 0.252. The number of hydrogen-bond acceptors (Lipinski definition) is 2. The molecule has 114 valence electrons. The quantitative estimate of drug-likeness (QED) is 0.588. The van der Waals surface area contributed by atoms with E-state index in [9.17, 15) is 9.59 Å². The minimum absolute atomic E-state index is 0.353. The zero-order valence-corrected chi connectivity index (χ0v) is 13.4. The number of nitrogens with two attached hydrogens (primary N) is 1.